The van der Waals surface area contributed by atoms with Gasteiger partial charge in [-0.25, -0.2) is 0 Å². The molecule has 6 aromatic rings. The number of rotatable bonds is 2. The van der Waals surface area contributed by atoms with Crippen LogP contribution in [0, 0.1) is 12.1 Å². The van der Waals surface area contributed by atoms with Crippen LogP contribution in [0.1, 0.15) is 0 Å². The van der Waals surface area contributed by atoms with E-state index in [-0.39, 0.29) is 20.1 Å². The van der Waals surface area contributed by atoms with Gasteiger partial charge in [-0.1, -0.05) is 36.4 Å². The number of benzene rings is 2. The van der Waals surface area contributed by atoms with Crippen molar-refractivity contribution in [1.29, 1.82) is 0 Å². The van der Waals surface area contributed by atoms with Crippen molar-refractivity contribution in [2.45, 2.75) is 0 Å². The Hall–Kier alpha value is -3.66. The smallest absolute Gasteiger partial charge is 0.151 e. The molecule has 0 bridgehead atoms. The fourth-order valence-electron chi connectivity index (χ4n) is 3.30. The summed E-state index contributed by atoms with van der Waals surface area (Å²) >= 11 is 0. The topological polar surface area (TPSA) is 51.8 Å². The number of hydrogen-bond donors (Lipinski definition) is 0. The predicted octanol–water partition coefficient (Wildman–Crippen LogP) is 6.39. The SMILES string of the molecule is [Ir].[c-]1ccccc1-c1ccccn1.[c-]1cccnc1-c1cc2c(cn1)oc1ccccc12. The molecule has 0 aliphatic rings. The van der Waals surface area contributed by atoms with Gasteiger partial charge in [0, 0.05) is 37.1 Å². The normalized spacial score (nSPS) is 10.2. The summed E-state index contributed by atoms with van der Waals surface area (Å²) in [6.07, 6.45) is 5.27. The van der Waals surface area contributed by atoms with Crippen LogP contribution in [-0.2, 0) is 20.1 Å². The molecular formula is C27H17IrN3O-2. The molecule has 0 unspecified atom stereocenters. The van der Waals surface area contributed by atoms with E-state index in [1.54, 1.807) is 18.6 Å². The van der Waals surface area contributed by atoms with Crippen LogP contribution >= 0.6 is 0 Å². The van der Waals surface area contributed by atoms with E-state index >= 15 is 0 Å². The van der Waals surface area contributed by atoms with Crippen molar-refractivity contribution in [3.05, 3.63) is 116 Å². The number of aromatic nitrogens is 3. The molecule has 2 aromatic carbocycles. The van der Waals surface area contributed by atoms with Gasteiger partial charge in [0.25, 0.3) is 0 Å². The maximum atomic E-state index is 5.75. The molecule has 0 aliphatic carbocycles. The first-order chi connectivity index (χ1) is 15.4. The zero-order valence-corrected chi connectivity index (χ0v) is 19.3. The molecule has 0 N–H and O–H groups in total. The Kier molecular flexibility index (Phi) is 6.81. The maximum Gasteiger partial charge on any atom is 0.151 e. The second-order valence-corrected chi connectivity index (χ2v) is 6.79. The van der Waals surface area contributed by atoms with Crippen LogP contribution in [0.5, 0.6) is 0 Å². The van der Waals surface area contributed by atoms with E-state index in [1.807, 2.05) is 84.9 Å². The summed E-state index contributed by atoms with van der Waals surface area (Å²) in [4.78, 5) is 12.9. The molecule has 0 atom stereocenters. The van der Waals surface area contributed by atoms with Gasteiger partial charge in [-0.2, -0.15) is 12.1 Å². The van der Waals surface area contributed by atoms with E-state index in [9.17, 15) is 0 Å². The predicted molar refractivity (Wildman–Crippen MR) is 122 cm³/mol. The van der Waals surface area contributed by atoms with E-state index in [0.717, 1.165) is 44.6 Å². The van der Waals surface area contributed by atoms with Gasteiger partial charge in [-0.05, 0) is 35.4 Å². The average Bonchev–Trinajstić information content (AvgIpc) is 3.24. The van der Waals surface area contributed by atoms with Gasteiger partial charge in [0.15, 0.2) is 5.58 Å². The summed E-state index contributed by atoms with van der Waals surface area (Å²) in [6.45, 7) is 0. The molecule has 0 aliphatic heterocycles. The molecule has 1 radical (unpaired) electrons. The van der Waals surface area contributed by atoms with Crippen LogP contribution in [0.4, 0.5) is 0 Å². The number of furan rings is 1. The molecule has 157 valence electrons. The van der Waals surface area contributed by atoms with Crippen molar-refractivity contribution in [2.75, 3.05) is 0 Å². The van der Waals surface area contributed by atoms with E-state index in [0.29, 0.717) is 0 Å². The summed E-state index contributed by atoms with van der Waals surface area (Å²) in [5.41, 5.74) is 5.23. The number of para-hydroxylation sites is 1. The summed E-state index contributed by atoms with van der Waals surface area (Å²) in [7, 11) is 0. The minimum absolute atomic E-state index is 0. The third-order valence-electron chi connectivity index (χ3n) is 4.76. The Balaban J connectivity index is 0.000000164. The second kappa shape index (κ2) is 10.1. The average molecular weight is 592 g/mol. The van der Waals surface area contributed by atoms with Crippen LogP contribution in [0.25, 0.3) is 44.6 Å². The molecule has 0 fully saturated rings. The van der Waals surface area contributed by atoms with Gasteiger partial charge in [0.1, 0.15) is 5.58 Å². The molecule has 4 heterocycles. The third-order valence-corrected chi connectivity index (χ3v) is 4.76. The van der Waals surface area contributed by atoms with Crippen molar-refractivity contribution >= 4 is 21.9 Å². The molecule has 32 heavy (non-hydrogen) atoms. The Labute approximate surface area is 199 Å². The maximum absolute atomic E-state index is 5.75. The summed E-state index contributed by atoms with van der Waals surface area (Å²) in [5, 5.41) is 2.15. The van der Waals surface area contributed by atoms with Crippen LogP contribution in [0.2, 0.25) is 0 Å². The van der Waals surface area contributed by atoms with Gasteiger partial charge in [-0.15, -0.1) is 42.0 Å². The molecule has 4 nitrogen and oxygen atoms in total. The quantitative estimate of drug-likeness (QED) is 0.219. The fourth-order valence-corrected chi connectivity index (χ4v) is 3.30. The molecule has 4 aromatic heterocycles. The Morgan fingerprint density at radius 2 is 1.44 bits per heavy atom. The largest absolute Gasteiger partial charge is 0.455 e. The zero-order chi connectivity index (χ0) is 20.9. The summed E-state index contributed by atoms with van der Waals surface area (Å²) < 4.78 is 5.75. The van der Waals surface area contributed by atoms with Crippen LogP contribution in [0.3, 0.4) is 0 Å². The molecule has 0 saturated heterocycles. The molecule has 0 saturated carbocycles. The molecule has 0 spiro atoms. The number of fused-ring (bicyclic) bond motifs is 3. The van der Waals surface area contributed by atoms with Crippen LogP contribution in [-0.4, -0.2) is 15.0 Å². The van der Waals surface area contributed by atoms with Crippen molar-refractivity contribution < 1.29 is 24.5 Å². The van der Waals surface area contributed by atoms with E-state index in [4.69, 9.17) is 4.42 Å². The van der Waals surface area contributed by atoms with Crippen LogP contribution < -0.4 is 0 Å². The minimum atomic E-state index is 0. The van der Waals surface area contributed by atoms with Crippen molar-refractivity contribution in [1.82, 2.24) is 15.0 Å². The van der Waals surface area contributed by atoms with Gasteiger partial charge < -0.3 is 14.4 Å². The third kappa shape index (κ3) is 4.65. The Morgan fingerprint density at radius 1 is 0.625 bits per heavy atom. The molecule has 6 rings (SSSR count). The Bertz CT molecular complexity index is 1380. The van der Waals surface area contributed by atoms with Crippen molar-refractivity contribution in [3.63, 3.8) is 0 Å². The first-order valence-corrected chi connectivity index (χ1v) is 9.87. The van der Waals surface area contributed by atoms with Gasteiger partial charge >= 0.3 is 0 Å². The first kappa shape index (κ1) is 21.6. The monoisotopic (exact) mass is 592 g/mol. The first-order valence-electron chi connectivity index (χ1n) is 9.87. The molecular weight excluding hydrogens is 575 g/mol. The van der Waals surface area contributed by atoms with Crippen molar-refractivity contribution in [2.24, 2.45) is 0 Å². The van der Waals surface area contributed by atoms with E-state index in [1.165, 1.54) is 0 Å². The summed E-state index contributed by atoms with van der Waals surface area (Å²) in [6, 6.07) is 33.6. The van der Waals surface area contributed by atoms with Crippen LogP contribution in [0.15, 0.2) is 108 Å². The van der Waals surface area contributed by atoms with Gasteiger partial charge in [0.05, 0.1) is 6.20 Å². The molecule has 0 amide bonds. The zero-order valence-electron chi connectivity index (χ0n) is 16.9. The van der Waals surface area contributed by atoms with Gasteiger partial charge in [-0.3, -0.25) is 4.98 Å². The standard InChI is InChI=1S/C16H9N2O.C11H8N.Ir/c1-2-7-15-11(5-1)12-9-14(18-10-16(12)19-15)13-6-3-4-8-17-13;1-2-6-10(7-3-1)11-8-4-5-9-12-11;/h1-5,7-10H;1-6,8-9H;/q2*-1;. The van der Waals surface area contributed by atoms with E-state index in [2.05, 4.69) is 27.1 Å². The van der Waals surface area contributed by atoms with Gasteiger partial charge in [0.2, 0.25) is 0 Å². The fraction of sp³-hybridized carbons (Fsp3) is 0. The van der Waals surface area contributed by atoms with E-state index < -0.39 is 0 Å². The Morgan fingerprint density at radius 3 is 2.22 bits per heavy atom. The number of nitrogens with zero attached hydrogens (tertiary/aromatic N) is 3. The number of pyridine rings is 3. The number of hydrogen-bond acceptors (Lipinski definition) is 4. The molecule has 5 heteroatoms. The van der Waals surface area contributed by atoms with Crippen molar-refractivity contribution in [3.8, 4) is 22.6 Å². The minimum Gasteiger partial charge on any atom is -0.455 e. The second-order valence-electron chi connectivity index (χ2n) is 6.79. The summed E-state index contributed by atoms with van der Waals surface area (Å²) in [5.74, 6) is 0.